The molecule has 0 unspecified atom stereocenters. The van der Waals surface area contributed by atoms with Gasteiger partial charge in [0, 0.05) is 21.2 Å². The second-order valence-corrected chi connectivity index (χ2v) is 8.40. The van der Waals surface area contributed by atoms with Crippen LogP contribution in [0.2, 0.25) is 5.02 Å². The molecule has 0 radical (unpaired) electrons. The summed E-state index contributed by atoms with van der Waals surface area (Å²) in [6.07, 6.45) is 0. The van der Waals surface area contributed by atoms with E-state index < -0.39 is 0 Å². The molecule has 0 saturated carbocycles. The Kier molecular flexibility index (Phi) is 3.36. The first-order chi connectivity index (χ1) is 15.3. The molecule has 0 amide bonds. The van der Waals surface area contributed by atoms with Gasteiger partial charge in [0.05, 0.1) is 22.1 Å². The Bertz CT molecular complexity index is 1810. The van der Waals surface area contributed by atoms with Gasteiger partial charge in [0.25, 0.3) is 0 Å². The van der Waals surface area contributed by atoms with E-state index >= 15 is 0 Å². The molecule has 3 heteroatoms. The number of fused-ring (bicyclic) bond motifs is 7. The van der Waals surface area contributed by atoms with Gasteiger partial charge in [-0.3, -0.25) is 0 Å². The quantitative estimate of drug-likeness (QED) is 0.262. The third-order valence-electron chi connectivity index (χ3n) is 6.22. The molecule has 0 aliphatic heterocycles. The van der Waals surface area contributed by atoms with Crippen LogP contribution < -0.4 is 0 Å². The molecule has 0 spiro atoms. The number of aromatic nitrogens is 1. The normalized spacial score (nSPS) is 12.0. The summed E-state index contributed by atoms with van der Waals surface area (Å²) in [7, 11) is 0. The number of para-hydroxylation sites is 1. The van der Waals surface area contributed by atoms with E-state index in [2.05, 4.69) is 77.4 Å². The Balaban J connectivity index is 1.72. The Hall–Kier alpha value is -3.75. The van der Waals surface area contributed by atoms with Crippen molar-refractivity contribution >= 4 is 66.1 Å². The molecule has 5 aromatic carbocycles. The average Bonchev–Trinajstić information content (AvgIpc) is 3.32. The van der Waals surface area contributed by atoms with Gasteiger partial charge in [-0.15, -0.1) is 0 Å². The topological polar surface area (TPSA) is 18.1 Å². The van der Waals surface area contributed by atoms with E-state index in [1.807, 2.05) is 24.3 Å². The minimum atomic E-state index is 0.707. The molecule has 7 aromatic rings. The van der Waals surface area contributed by atoms with E-state index in [1.54, 1.807) is 0 Å². The first-order valence-corrected chi connectivity index (χ1v) is 10.7. The highest BCUT2D eigenvalue weighted by molar-refractivity contribution is 6.32. The summed E-state index contributed by atoms with van der Waals surface area (Å²) in [6, 6.07) is 33.8. The predicted octanol–water partition coefficient (Wildman–Crippen LogP) is 8.49. The zero-order valence-electron chi connectivity index (χ0n) is 16.5. The molecule has 146 valence electrons. The third-order valence-corrected chi connectivity index (χ3v) is 6.45. The first-order valence-electron chi connectivity index (χ1n) is 10.3. The summed E-state index contributed by atoms with van der Waals surface area (Å²) in [5.41, 5.74) is 5.17. The van der Waals surface area contributed by atoms with Crippen LogP contribution >= 0.6 is 11.6 Å². The molecule has 2 nitrogen and oxygen atoms in total. The van der Waals surface area contributed by atoms with E-state index in [4.69, 9.17) is 16.0 Å². The number of furan rings is 1. The van der Waals surface area contributed by atoms with Gasteiger partial charge in [-0.1, -0.05) is 60.1 Å². The molecule has 0 N–H and O–H groups in total. The van der Waals surface area contributed by atoms with Crippen molar-refractivity contribution in [3.63, 3.8) is 0 Å². The fourth-order valence-electron chi connectivity index (χ4n) is 4.88. The summed E-state index contributed by atoms with van der Waals surface area (Å²) in [5.74, 6) is 0. The van der Waals surface area contributed by atoms with Crippen molar-refractivity contribution in [2.75, 3.05) is 0 Å². The molecule has 2 aromatic heterocycles. The fourth-order valence-corrected chi connectivity index (χ4v) is 5.05. The summed E-state index contributed by atoms with van der Waals surface area (Å²) < 4.78 is 8.52. The van der Waals surface area contributed by atoms with Crippen LogP contribution in [0.3, 0.4) is 0 Å². The van der Waals surface area contributed by atoms with Gasteiger partial charge >= 0.3 is 0 Å². The van der Waals surface area contributed by atoms with Crippen molar-refractivity contribution in [2.24, 2.45) is 0 Å². The maximum Gasteiger partial charge on any atom is 0.137 e. The highest BCUT2D eigenvalue weighted by Crippen LogP contribution is 2.40. The second kappa shape index (κ2) is 6.13. The van der Waals surface area contributed by atoms with Gasteiger partial charge in [-0.2, -0.15) is 0 Å². The van der Waals surface area contributed by atoms with Crippen LogP contribution in [0.5, 0.6) is 0 Å². The zero-order valence-corrected chi connectivity index (χ0v) is 17.2. The number of halogens is 1. The predicted molar refractivity (Wildman–Crippen MR) is 131 cm³/mol. The van der Waals surface area contributed by atoms with Gasteiger partial charge in [-0.25, -0.2) is 0 Å². The van der Waals surface area contributed by atoms with Crippen LogP contribution in [0.4, 0.5) is 0 Å². The molecule has 7 rings (SSSR count). The van der Waals surface area contributed by atoms with Crippen LogP contribution in [0.15, 0.2) is 101 Å². The lowest BCUT2D eigenvalue weighted by Gasteiger charge is -2.10. The molecule has 0 aliphatic carbocycles. The van der Waals surface area contributed by atoms with Gasteiger partial charge in [-0.05, 0) is 59.3 Å². The molecule has 0 aliphatic rings. The average molecular weight is 418 g/mol. The van der Waals surface area contributed by atoms with Crippen molar-refractivity contribution in [2.45, 2.75) is 0 Å². The Morgan fingerprint density at radius 1 is 0.581 bits per heavy atom. The van der Waals surface area contributed by atoms with E-state index in [0.29, 0.717) is 5.02 Å². The van der Waals surface area contributed by atoms with Crippen LogP contribution in [0, 0.1) is 0 Å². The van der Waals surface area contributed by atoms with Crippen LogP contribution in [-0.4, -0.2) is 4.57 Å². The van der Waals surface area contributed by atoms with Crippen molar-refractivity contribution in [1.29, 1.82) is 0 Å². The van der Waals surface area contributed by atoms with E-state index in [-0.39, 0.29) is 0 Å². The largest absolute Gasteiger partial charge is 0.456 e. The molecule has 2 heterocycles. The molecular formula is C28H16ClNO. The molecule has 0 bridgehead atoms. The van der Waals surface area contributed by atoms with Gasteiger partial charge < -0.3 is 8.98 Å². The Labute approximate surface area is 182 Å². The fraction of sp³-hybridized carbons (Fsp3) is 0. The number of hydrogen-bond donors (Lipinski definition) is 0. The minimum absolute atomic E-state index is 0.707. The summed E-state index contributed by atoms with van der Waals surface area (Å²) >= 11 is 6.36. The van der Waals surface area contributed by atoms with E-state index in [1.165, 1.54) is 32.6 Å². The third kappa shape index (κ3) is 2.34. The second-order valence-electron chi connectivity index (χ2n) is 7.96. The Morgan fingerprint density at radius 3 is 2.29 bits per heavy atom. The van der Waals surface area contributed by atoms with Crippen LogP contribution in [-0.2, 0) is 0 Å². The summed E-state index contributed by atoms with van der Waals surface area (Å²) in [4.78, 5) is 0. The van der Waals surface area contributed by atoms with E-state index in [0.717, 1.165) is 27.6 Å². The number of rotatable bonds is 1. The summed E-state index contributed by atoms with van der Waals surface area (Å²) in [5, 5.41) is 7.78. The zero-order chi connectivity index (χ0) is 20.5. The van der Waals surface area contributed by atoms with Crippen LogP contribution in [0.25, 0.3) is 60.2 Å². The lowest BCUT2D eigenvalue weighted by molar-refractivity contribution is 0.669. The molecule has 0 atom stereocenters. The lowest BCUT2D eigenvalue weighted by Crippen LogP contribution is -1.94. The lowest BCUT2D eigenvalue weighted by atomic mass is 10.1. The van der Waals surface area contributed by atoms with Gasteiger partial charge in [0.1, 0.15) is 11.2 Å². The van der Waals surface area contributed by atoms with Crippen molar-refractivity contribution in [1.82, 2.24) is 4.57 Å². The highest BCUT2D eigenvalue weighted by Gasteiger charge is 2.18. The standard InChI is InChI=1S/C28H16ClNO/c29-19-12-13-26-22(16-19)28-24(10-5-11-27(28)31-26)30-23-9-4-3-8-20(23)21-14-17-6-1-2-7-18(17)15-25(21)30/h1-16H. The van der Waals surface area contributed by atoms with Crippen LogP contribution in [0.1, 0.15) is 0 Å². The number of hydrogen-bond acceptors (Lipinski definition) is 1. The smallest absolute Gasteiger partial charge is 0.137 e. The van der Waals surface area contributed by atoms with Crippen molar-refractivity contribution in [3.05, 3.63) is 102 Å². The highest BCUT2D eigenvalue weighted by atomic mass is 35.5. The number of nitrogens with zero attached hydrogens (tertiary/aromatic N) is 1. The Morgan fingerprint density at radius 2 is 1.39 bits per heavy atom. The monoisotopic (exact) mass is 417 g/mol. The molecule has 31 heavy (non-hydrogen) atoms. The molecular weight excluding hydrogens is 402 g/mol. The van der Waals surface area contributed by atoms with Gasteiger partial charge in [0.2, 0.25) is 0 Å². The number of benzene rings is 5. The maximum absolute atomic E-state index is 6.36. The molecule has 0 fully saturated rings. The molecule has 0 saturated heterocycles. The maximum atomic E-state index is 6.36. The van der Waals surface area contributed by atoms with Crippen molar-refractivity contribution < 1.29 is 4.42 Å². The van der Waals surface area contributed by atoms with Crippen molar-refractivity contribution in [3.8, 4) is 5.69 Å². The van der Waals surface area contributed by atoms with Gasteiger partial charge in [0.15, 0.2) is 0 Å². The first kappa shape index (κ1) is 17.0. The SMILES string of the molecule is Clc1ccc2oc3cccc(-n4c5ccccc5c5cc6ccccc6cc54)c3c2c1. The minimum Gasteiger partial charge on any atom is -0.456 e. The summed E-state index contributed by atoms with van der Waals surface area (Å²) in [6.45, 7) is 0. The van der Waals surface area contributed by atoms with E-state index in [9.17, 15) is 0 Å².